The molecule has 0 spiro atoms. The summed E-state index contributed by atoms with van der Waals surface area (Å²) in [7, 11) is 0. The van der Waals surface area contributed by atoms with Gasteiger partial charge in [0.1, 0.15) is 11.6 Å². The van der Waals surface area contributed by atoms with E-state index in [4.69, 9.17) is 14.7 Å². The third-order valence-electron chi connectivity index (χ3n) is 4.97. The van der Waals surface area contributed by atoms with Gasteiger partial charge in [0.05, 0.1) is 0 Å². The molecule has 0 unspecified atom stereocenters. The molecule has 3 aromatic rings. The van der Waals surface area contributed by atoms with Crippen LogP contribution < -0.4 is 10.6 Å². The van der Waals surface area contributed by atoms with Crippen molar-refractivity contribution in [1.82, 2.24) is 20.2 Å². The molecule has 1 saturated heterocycles. The lowest BCUT2D eigenvalue weighted by molar-refractivity contribution is 0.0904. The van der Waals surface area contributed by atoms with Crippen molar-refractivity contribution in [1.29, 1.82) is 0 Å². The van der Waals surface area contributed by atoms with Crippen LogP contribution in [-0.2, 0) is 4.74 Å². The SMILES string of the molecule is Cc1cc(Nc2cc(NC3CCOCC3)nc(-c3c(C)cccc3C)n2)n[nH]1. The fourth-order valence-electron chi connectivity index (χ4n) is 3.53. The lowest BCUT2D eigenvalue weighted by atomic mass is 10.0. The maximum absolute atomic E-state index is 5.47. The van der Waals surface area contributed by atoms with Crippen molar-refractivity contribution >= 4 is 17.5 Å². The Labute approximate surface area is 165 Å². The highest BCUT2D eigenvalue weighted by Crippen LogP contribution is 2.28. The molecule has 28 heavy (non-hydrogen) atoms. The molecule has 0 aliphatic carbocycles. The van der Waals surface area contributed by atoms with E-state index in [0.717, 1.165) is 60.1 Å². The largest absolute Gasteiger partial charge is 0.381 e. The first-order valence-electron chi connectivity index (χ1n) is 9.67. The molecular formula is C21H26N6O. The van der Waals surface area contributed by atoms with E-state index >= 15 is 0 Å². The molecule has 146 valence electrons. The monoisotopic (exact) mass is 378 g/mol. The molecule has 0 atom stereocenters. The first kappa shape index (κ1) is 18.4. The fourth-order valence-corrected chi connectivity index (χ4v) is 3.53. The molecule has 1 aliphatic rings. The van der Waals surface area contributed by atoms with Gasteiger partial charge < -0.3 is 15.4 Å². The third kappa shape index (κ3) is 4.14. The van der Waals surface area contributed by atoms with Crippen LogP contribution in [0.4, 0.5) is 17.5 Å². The lowest BCUT2D eigenvalue weighted by Crippen LogP contribution is -2.28. The molecule has 7 nitrogen and oxygen atoms in total. The van der Waals surface area contributed by atoms with Crippen LogP contribution in [0.1, 0.15) is 29.7 Å². The number of nitrogens with one attached hydrogen (secondary N) is 3. The molecule has 1 aliphatic heterocycles. The van der Waals surface area contributed by atoms with Gasteiger partial charge in [-0.2, -0.15) is 5.10 Å². The van der Waals surface area contributed by atoms with Crippen LogP contribution in [0, 0.1) is 20.8 Å². The molecule has 0 saturated carbocycles. The fraction of sp³-hybridized carbons (Fsp3) is 0.381. The number of aromatic nitrogens is 4. The summed E-state index contributed by atoms with van der Waals surface area (Å²) in [5, 5.41) is 14.1. The van der Waals surface area contributed by atoms with Crippen LogP contribution in [-0.4, -0.2) is 39.4 Å². The predicted octanol–water partition coefficient (Wildman–Crippen LogP) is 4.13. The summed E-state index contributed by atoms with van der Waals surface area (Å²) >= 11 is 0. The summed E-state index contributed by atoms with van der Waals surface area (Å²) < 4.78 is 5.47. The second kappa shape index (κ2) is 7.98. The van der Waals surface area contributed by atoms with E-state index in [1.54, 1.807) is 0 Å². The van der Waals surface area contributed by atoms with E-state index in [9.17, 15) is 0 Å². The van der Waals surface area contributed by atoms with Gasteiger partial charge in [0, 0.05) is 42.6 Å². The van der Waals surface area contributed by atoms with Gasteiger partial charge in [0.25, 0.3) is 0 Å². The number of hydrogen-bond donors (Lipinski definition) is 3. The Morgan fingerprint density at radius 3 is 2.36 bits per heavy atom. The highest BCUT2D eigenvalue weighted by atomic mass is 16.5. The summed E-state index contributed by atoms with van der Waals surface area (Å²) in [6.07, 6.45) is 1.95. The normalized spacial score (nSPS) is 14.8. The van der Waals surface area contributed by atoms with Crippen molar-refractivity contribution in [2.45, 2.75) is 39.7 Å². The molecule has 3 heterocycles. The number of rotatable bonds is 5. The van der Waals surface area contributed by atoms with Crippen molar-refractivity contribution in [2.24, 2.45) is 0 Å². The van der Waals surface area contributed by atoms with Crippen molar-refractivity contribution in [3.63, 3.8) is 0 Å². The van der Waals surface area contributed by atoms with Crippen LogP contribution in [0.25, 0.3) is 11.4 Å². The van der Waals surface area contributed by atoms with E-state index in [1.807, 2.05) is 19.1 Å². The second-order valence-corrected chi connectivity index (χ2v) is 7.32. The molecule has 1 aromatic carbocycles. The number of H-pyrrole nitrogens is 1. The van der Waals surface area contributed by atoms with Crippen molar-refractivity contribution in [3.8, 4) is 11.4 Å². The molecule has 0 bridgehead atoms. The summed E-state index contributed by atoms with van der Waals surface area (Å²) in [6.45, 7) is 7.72. The van der Waals surface area contributed by atoms with E-state index in [2.05, 4.69) is 52.9 Å². The topological polar surface area (TPSA) is 87.8 Å². The maximum Gasteiger partial charge on any atom is 0.164 e. The highest BCUT2D eigenvalue weighted by molar-refractivity contribution is 5.69. The number of hydrogen-bond acceptors (Lipinski definition) is 6. The predicted molar refractivity (Wildman–Crippen MR) is 111 cm³/mol. The molecule has 3 N–H and O–H groups in total. The summed E-state index contributed by atoms with van der Waals surface area (Å²) in [4.78, 5) is 9.62. The quantitative estimate of drug-likeness (QED) is 0.619. The minimum absolute atomic E-state index is 0.356. The van der Waals surface area contributed by atoms with E-state index in [1.165, 1.54) is 0 Å². The second-order valence-electron chi connectivity index (χ2n) is 7.32. The van der Waals surface area contributed by atoms with Crippen molar-refractivity contribution < 1.29 is 4.74 Å². The Hall–Kier alpha value is -2.93. The van der Waals surface area contributed by atoms with Crippen LogP contribution >= 0.6 is 0 Å². The molecule has 0 radical (unpaired) electrons. The Kier molecular flexibility index (Phi) is 5.25. The van der Waals surface area contributed by atoms with E-state index in [0.29, 0.717) is 17.7 Å². The van der Waals surface area contributed by atoms with Gasteiger partial charge in [-0.25, -0.2) is 9.97 Å². The number of aromatic amines is 1. The molecule has 1 fully saturated rings. The third-order valence-corrected chi connectivity index (χ3v) is 4.97. The number of ether oxygens (including phenoxy) is 1. The summed E-state index contributed by atoms with van der Waals surface area (Å²) in [6, 6.07) is 10.5. The van der Waals surface area contributed by atoms with Gasteiger partial charge in [-0.3, -0.25) is 5.10 Å². The zero-order valence-electron chi connectivity index (χ0n) is 16.5. The highest BCUT2D eigenvalue weighted by Gasteiger charge is 2.17. The first-order valence-corrected chi connectivity index (χ1v) is 9.67. The number of aryl methyl sites for hydroxylation is 3. The molecular weight excluding hydrogens is 352 g/mol. The van der Waals surface area contributed by atoms with Crippen LogP contribution in [0.5, 0.6) is 0 Å². The lowest BCUT2D eigenvalue weighted by Gasteiger charge is -2.24. The molecule has 4 rings (SSSR count). The molecule has 7 heteroatoms. The van der Waals surface area contributed by atoms with Crippen molar-refractivity contribution in [3.05, 3.63) is 47.2 Å². The molecule has 0 amide bonds. The van der Waals surface area contributed by atoms with E-state index in [-0.39, 0.29) is 0 Å². The summed E-state index contributed by atoms with van der Waals surface area (Å²) in [5.74, 6) is 2.98. The van der Waals surface area contributed by atoms with Gasteiger partial charge in [-0.1, -0.05) is 18.2 Å². The smallest absolute Gasteiger partial charge is 0.164 e. The zero-order chi connectivity index (χ0) is 19.5. The molecule has 2 aromatic heterocycles. The zero-order valence-corrected chi connectivity index (χ0v) is 16.5. The number of benzene rings is 1. The maximum atomic E-state index is 5.47. The van der Waals surface area contributed by atoms with Gasteiger partial charge in [-0.15, -0.1) is 0 Å². The van der Waals surface area contributed by atoms with Gasteiger partial charge in [0.15, 0.2) is 11.6 Å². The Morgan fingerprint density at radius 2 is 1.68 bits per heavy atom. The minimum atomic E-state index is 0.356. The number of anilines is 3. The van der Waals surface area contributed by atoms with Gasteiger partial charge in [-0.05, 0) is 44.7 Å². The van der Waals surface area contributed by atoms with Crippen molar-refractivity contribution in [2.75, 3.05) is 23.8 Å². The average Bonchev–Trinajstić information content (AvgIpc) is 3.07. The van der Waals surface area contributed by atoms with Crippen LogP contribution in [0.15, 0.2) is 30.3 Å². The van der Waals surface area contributed by atoms with Crippen LogP contribution in [0.2, 0.25) is 0 Å². The minimum Gasteiger partial charge on any atom is -0.381 e. The van der Waals surface area contributed by atoms with Crippen LogP contribution in [0.3, 0.4) is 0 Å². The van der Waals surface area contributed by atoms with Gasteiger partial charge >= 0.3 is 0 Å². The Bertz CT molecular complexity index is 941. The number of nitrogens with zero attached hydrogens (tertiary/aromatic N) is 3. The average molecular weight is 378 g/mol. The Balaban J connectivity index is 1.71. The standard InChI is InChI=1S/C21H26N6O/c1-13-5-4-6-14(2)20(13)21-24-17(22-16-7-9-28-10-8-16)12-18(25-21)23-19-11-15(3)26-27-19/h4-6,11-12,16H,7-10H2,1-3H3,(H3,22,23,24,25,26,27). The van der Waals surface area contributed by atoms with E-state index < -0.39 is 0 Å². The summed E-state index contributed by atoms with van der Waals surface area (Å²) in [5.41, 5.74) is 4.38. The first-order chi connectivity index (χ1) is 13.6. The Morgan fingerprint density at radius 1 is 0.964 bits per heavy atom. The van der Waals surface area contributed by atoms with Gasteiger partial charge in [0.2, 0.25) is 0 Å².